The normalized spacial score (nSPS) is 31.6. The molecular weight excluding hydrogens is 268 g/mol. The molecule has 0 aromatic heterocycles. The zero-order chi connectivity index (χ0) is 14.9. The lowest BCUT2D eigenvalue weighted by atomic mass is 9.61. The van der Waals surface area contributed by atoms with Gasteiger partial charge in [0.1, 0.15) is 0 Å². The topological polar surface area (TPSA) is 78.4 Å². The smallest absolute Gasteiger partial charge is 0.315 e. The van der Waals surface area contributed by atoms with Gasteiger partial charge >= 0.3 is 12.0 Å². The first-order chi connectivity index (χ1) is 10.1. The van der Waals surface area contributed by atoms with E-state index in [1.165, 1.54) is 25.7 Å². The minimum absolute atomic E-state index is 0.0413. The Bertz CT molecular complexity index is 408. The number of carbonyl (C=O) groups excluding carboxylic acids is 1. The van der Waals surface area contributed by atoms with Gasteiger partial charge in [0.25, 0.3) is 0 Å². The number of amides is 2. The van der Waals surface area contributed by atoms with Crippen LogP contribution in [-0.4, -0.2) is 28.7 Å². The molecule has 5 heteroatoms. The van der Waals surface area contributed by atoms with E-state index in [0.717, 1.165) is 25.7 Å². The summed E-state index contributed by atoms with van der Waals surface area (Å²) in [6.07, 6.45) is 10.2. The Kier molecular flexibility index (Phi) is 4.09. The van der Waals surface area contributed by atoms with Crippen LogP contribution in [0.15, 0.2) is 0 Å². The van der Waals surface area contributed by atoms with Crippen LogP contribution in [0.25, 0.3) is 0 Å². The first-order valence-electron chi connectivity index (χ1n) is 8.40. The maximum absolute atomic E-state index is 12.2. The molecule has 5 nitrogen and oxygen atoms in total. The molecule has 0 bridgehead atoms. The summed E-state index contributed by atoms with van der Waals surface area (Å²) in [6.45, 7) is 0. The molecule has 0 aromatic carbocycles. The molecule has 3 fully saturated rings. The van der Waals surface area contributed by atoms with E-state index in [2.05, 4.69) is 10.6 Å². The van der Waals surface area contributed by atoms with Crippen molar-refractivity contribution in [1.82, 2.24) is 10.6 Å². The standard InChI is InChI=1S/C16H26N2O3/c19-14(20)11-5-7-13(8-6-11)17-15(21)18-16(9-2-10-16)12-3-1-4-12/h11-13H,1-10H2,(H,19,20)(H2,17,18,21). The Morgan fingerprint density at radius 1 is 0.952 bits per heavy atom. The van der Waals surface area contributed by atoms with E-state index in [9.17, 15) is 9.59 Å². The number of carbonyl (C=O) groups is 2. The molecule has 3 saturated carbocycles. The van der Waals surface area contributed by atoms with Crippen molar-refractivity contribution in [3.63, 3.8) is 0 Å². The SMILES string of the molecule is O=C(NC1CCC(C(=O)O)CC1)NC1(C2CCC2)CCC1. The zero-order valence-electron chi connectivity index (χ0n) is 12.6. The molecule has 118 valence electrons. The molecular formula is C16H26N2O3. The Labute approximate surface area is 125 Å². The van der Waals surface area contributed by atoms with E-state index in [1.807, 2.05) is 0 Å². The lowest BCUT2D eigenvalue weighted by Crippen LogP contribution is -2.62. The highest BCUT2D eigenvalue weighted by Crippen LogP contribution is 2.47. The van der Waals surface area contributed by atoms with Crippen LogP contribution < -0.4 is 10.6 Å². The summed E-state index contributed by atoms with van der Waals surface area (Å²) in [5.74, 6) is -0.241. The highest BCUT2D eigenvalue weighted by atomic mass is 16.4. The van der Waals surface area contributed by atoms with Gasteiger partial charge in [-0.25, -0.2) is 4.79 Å². The predicted molar refractivity (Wildman–Crippen MR) is 79.0 cm³/mol. The van der Waals surface area contributed by atoms with E-state index in [-0.39, 0.29) is 23.5 Å². The molecule has 0 saturated heterocycles. The average Bonchev–Trinajstić information content (AvgIpc) is 2.34. The fourth-order valence-corrected chi connectivity index (χ4v) is 4.09. The van der Waals surface area contributed by atoms with Crippen LogP contribution >= 0.6 is 0 Å². The van der Waals surface area contributed by atoms with Crippen LogP contribution in [0.2, 0.25) is 0 Å². The van der Waals surface area contributed by atoms with Gasteiger partial charge in [0.05, 0.1) is 5.92 Å². The van der Waals surface area contributed by atoms with Crippen molar-refractivity contribution in [3.8, 4) is 0 Å². The Morgan fingerprint density at radius 2 is 1.62 bits per heavy atom. The van der Waals surface area contributed by atoms with Gasteiger partial charge in [-0.15, -0.1) is 0 Å². The summed E-state index contributed by atoms with van der Waals surface area (Å²) in [4.78, 5) is 23.2. The van der Waals surface area contributed by atoms with Crippen LogP contribution in [0, 0.1) is 11.8 Å². The van der Waals surface area contributed by atoms with E-state index in [1.54, 1.807) is 0 Å². The van der Waals surface area contributed by atoms with Gasteiger partial charge in [-0.3, -0.25) is 4.79 Å². The van der Waals surface area contributed by atoms with Crippen molar-refractivity contribution in [3.05, 3.63) is 0 Å². The van der Waals surface area contributed by atoms with Gasteiger partial charge in [-0.05, 0) is 63.7 Å². The Balaban J connectivity index is 1.45. The van der Waals surface area contributed by atoms with Gasteiger partial charge in [-0.1, -0.05) is 6.42 Å². The molecule has 0 spiro atoms. The van der Waals surface area contributed by atoms with Gasteiger partial charge in [0, 0.05) is 11.6 Å². The number of carboxylic acids is 1. The monoisotopic (exact) mass is 294 g/mol. The molecule has 3 rings (SSSR count). The molecule has 0 atom stereocenters. The summed E-state index contributed by atoms with van der Waals surface area (Å²) in [6, 6.07) is 0.0968. The molecule has 0 heterocycles. The number of rotatable bonds is 4. The number of aliphatic carboxylic acids is 1. The van der Waals surface area contributed by atoms with E-state index in [4.69, 9.17) is 5.11 Å². The first-order valence-corrected chi connectivity index (χ1v) is 8.40. The van der Waals surface area contributed by atoms with Crippen molar-refractivity contribution >= 4 is 12.0 Å². The predicted octanol–water partition coefficient (Wildman–Crippen LogP) is 2.65. The lowest BCUT2D eigenvalue weighted by Gasteiger charge is -2.52. The van der Waals surface area contributed by atoms with Crippen molar-refractivity contribution in [2.45, 2.75) is 75.8 Å². The second-order valence-corrected chi connectivity index (χ2v) is 7.12. The number of hydrogen-bond acceptors (Lipinski definition) is 2. The van der Waals surface area contributed by atoms with Crippen LogP contribution in [0.3, 0.4) is 0 Å². The third-order valence-electron chi connectivity index (χ3n) is 5.91. The second kappa shape index (κ2) is 5.85. The van der Waals surface area contributed by atoms with E-state index in [0.29, 0.717) is 18.8 Å². The fourth-order valence-electron chi connectivity index (χ4n) is 4.09. The molecule has 0 aromatic rings. The fraction of sp³-hybridized carbons (Fsp3) is 0.875. The molecule has 3 aliphatic rings. The zero-order valence-corrected chi connectivity index (χ0v) is 12.6. The number of carboxylic acid groups (broad SMARTS) is 1. The van der Waals surface area contributed by atoms with Crippen LogP contribution in [0.1, 0.15) is 64.2 Å². The van der Waals surface area contributed by atoms with Crippen molar-refractivity contribution in [2.24, 2.45) is 11.8 Å². The highest BCUT2D eigenvalue weighted by molar-refractivity contribution is 5.75. The summed E-state index contributed by atoms with van der Waals surface area (Å²) < 4.78 is 0. The third-order valence-corrected chi connectivity index (χ3v) is 5.91. The quantitative estimate of drug-likeness (QED) is 0.746. The van der Waals surface area contributed by atoms with Gasteiger partial charge in [0.15, 0.2) is 0 Å². The molecule has 0 radical (unpaired) electrons. The summed E-state index contributed by atoms with van der Waals surface area (Å²) >= 11 is 0. The molecule has 0 aliphatic heterocycles. The maximum atomic E-state index is 12.2. The second-order valence-electron chi connectivity index (χ2n) is 7.12. The van der Waals surface area contributed by atoms with Crippen LogP contribution in [-0.2, 0) is 4.79 Å². The Hall–Kier alpha value is -1.26. The largest absolute Gasteiger partial charge is 0.481 e. The van der Waals surface area contributed by atoms with Gasteiger partial charge < -0.3 is 15.7 Å². The van der Waals surface area contributed by atoms with Crippen LogP contribution in [0.4, 0.5) is 4.79 Å². The van der Waals surface area contributed by atoms with Crippen LogP contribution in [0.5, 0.6) is 0 Å². The summed E-state index contributed by atoms with van der Waals surface area (Å²) in [5.41, 5.74) is 0.0700. The minimum Gasteiger partial charge on any atom is -0.481 e. The van der Waals surface area contributed by atoms with Crippen molar-refractivity contribution < 1.29 is 14.7 Å². The average molecular weight is 294 g/mol. The summed E-state index contributed by atoms with van der Waals surface area (Å²) in [7, 11) is 0. The Morgan fingerprint density at radius 3 is 2.05 bits per heavy atom. The van der Waals surface area contributed by atoms with E-state index >= 15 is 0 Å². The van der Waals surface area contributed by atoms with Crippen molar-refractivity contribution in [1.29, 1.82) is 0 Å². The molecule has 21 heavy (non-hydrogen) atoms. The number of nitrogens with one attached hydrogen (secondary N) is 2. The number of urea groups is 1. The first kappa shape index (κ1) is 14.7. The molecule has 3 aliphatic carbocycles. The minimum atomic E-state index is -0.698. The molecule has 3 N–H and O–H groups in total. The highest BCUT2D eigenvalue weighted by Gasteiger charge is 2.47. The van der Waals surface area contributed by atoms with Crippen molar-refractivity contribution in [2.75, 3.05) is 0 Å². The molecule has 0 unspecified atom stereocenters. The van der Waals surface area contributed by atoms with Gasteiger partial charge in [-0.2, -0.15) is 0 Å². The van der Waals surface area contributed by atoms with Gasteiger partial charge in [0.2, 0.25) is 0 Å². The summed E-state index contributed by atoms with van der Waals surface area (Å²) in [5, 5.41) is 15.3. The molecule has 2 amide bonds. The lowest BCUT2D eigenvalue weighted by molar-refractivity contribution is -0.142. The third kappa shape index (κ3) is 3.01. The van der Waals surface area contributed by atoms with E-state index < -0.39 is 5.97 Å². The number of hydrogen-bond donors (Lipinski definition) is 3. The maximum Gasteiger partial charge on any atom is 0.315 e.